The predicted molar refractivity (Wildman–Crippen MR) is 79.0 cm³/mol. The molecule has 0 saturated heterocycles. The summed E-state index contributed by atoms with van der Waals surface area (Å²) in [6.45, 7) is 5.02. The van der Waals surface area contributed by atoms with Crippen molar-refractivity contribution in [2.75, 3.05) is 7.11 Å². The second kappa shape index (κ2) is 6.52. The molecule has 0 spiro atoms. The average Bonchev–Trinajstić information content (AvgIpc) is 2.89. The minimum atomic E-state index is -0.437. The minimum Gasteiger partial charge on any atom is -0.494 e. The predicted octanol–water partition coefficient (Wildman–Crippen LogP) is 3.56. The van der Waals surface area contributed by atoms with Gasteiger partial charge in [0.15, 0.2) is 17.9 Å². The molecule has 1 aromatic carbocycles. The molecule has 0 aliphatic rings. The van der Waals surface area contributed by atoms with Gasteiger partial charge in [0.2, 0.25) is 0 Å². The Balaban J connectivity index is 2.36. The second-order valence-corrected chi connectivity index (χ2v) is 5.35. The van der Waals surface area contributed by atoms with Gasteiger partial charge in [0.25, 0.3) is 0 Å². The molecule has 0 fully saturated rings. The lowest BCUT2D eigenvalue weighted by Crippen LogP contribution is -2.02. The van der Waals surface area contributed by atoms with E-state index < -0.39 is 5.82 Å². The number of methoxy groups -OCH3 is 1. The number of aldehydes is 1. The van der Waals surface area contributed by atoms with Gasteiger partial charge in [-0.1, -0.05) is 13.8 Å². The average molecular weight is 290 g/mol. The largest absolute Gasteiger partial charge is 0.494 e. The van der Waals surface area contributed by atoms with E-state index in [2.05, 4.69) is 18.9 Å². The van der Waals surface area contributed by atoms with E-state index in [1.54, 1.807) is 23.0 Å². The van der Waals surface area contributed by atoms with Crippen LogP contribution in [0.3, 0.4) is 0 Å². The van der Waals surface area contributed by atoms with Crippen molar-refractivity contribution >= 4 is 6.29 Å². The first-order chi connectivity index (χ1) is 10.0. The summed E-state index contributed by atoms with van der Waals surface area (Å²) < 4.78 is 20.2. The van der Waals surface area contributed by atoms with Crippen molar-refractivity contribution in [1.82, 2.24) is 9.78 Å². The number of hydrogen-bond donors (Lipinski definition) is 0. The molecule has 2 aromatic rings. The Morgan fingerprint density at radius 1 is 1.43 bits per heavy atom. The Hall–Kier alpha value is -2.17. The van der Waals surface area contributed by atoms with Crippen molar-refractivity contribution in [3.05, 3.63) is 35.8 Å². The fourth-order valence-electron chi connectivity index (χ4n) is 2.06. The molecule has 0 aliphatic carbocycles. The number of hydrogen-bond acceptors (Lipinski definition) is 3. The van der Waals surface area contributed by atoms with E-state index in [1.807, 2.05) is 0 Å². The number of aryl methyl sites for hydroxylation is 1. The smallest absolute Gasteiger partial charge is 0.165 e. The molecule has 0 N–H and O–H groups in total. The van der Waals surface area contributed by atoms with Crippen molar-refractivity contribution in [1.29, 1.82) is 0 Å². The maximum Gasteiger partial charge on any atom is 0.165 e. The van der Waals surface area contributed by atoms with Gasteiger partial charge in [0, 0.05) is 18.3 Å². The van der Waals surface area contributed by atoms with Gasteiger partial charge in [-0.2, -0.15) is 5.10 Å². The summed E-state index contributed by atoms with van der Waals surface area (Å²) in [7, 11) is 1.41. The first-order valence-electron chi connectivity index (χ1n) is 6.91. The van der Waals surface area contributed by atoms with E-state index in [9.17, 15) is 9.18 Å². The van der Waals surface area contributed by atoms with Crippen molar-refractivity contribution in [3.63, 3.8) is 0 Å². The highest BCUT2D eigenvalue weighted by molar-refractivity contribution is 5.85. The van der Waals surface area contributed by atoms with Crippen LogP contribution in [-0.2, 0) is 6.54 Å². The molecule has 1 heterocycles. The number of carbonyl (C=O) groups excluding carboxylic acids is 1. The summed E-state index contributed by atoms with van der Waals surface area (Å²) in [6.07, 6.45) is 3.47. The number of ether oxygens (including phenoxy) is 1. The third-order valence-electron chi connectivity index (χ3n) is 3.28. The van der Waals surface area contributed by atoms with Gasteiger partial charge in [-0.25, -0.2) is 4.39 Å². The van der Waals surface area contributed by atoms with E-state index in [4.69, 9.17) is 4.74 Å². The third kappa shape index (κ3) is 3.48. The topological polar surface area (TPSA) is 44.1 Å². The van der Waals surface area contributed by atoms with E-state index in [1.165, 1.54) is 13.2 Å². The van der Waals surface area contributed by atoms with Gasteiger partial charge in [-0.3, -0.25) is 9.48 Å². The Morgan fingerprint density at radius 2 is 2.19 bits per heavy atom. The number of carbonyl (C=O) groups is 1. The quantitative estimate of drug-likeness (QED) is 0.764. The van der Waals surface area contributed by atoms with E-state index >= 15 is 0 Å². The van der Waals surface area contributed by atoms with Gasteiger partial charge in [0.1, 0.15) is 5.69 Å². The van der Waals surface area contributed by atoms with Crippen LogP contribution >= 0.6 is 0 Å². The number of aromatic nitrogens is 2. The van der Waals surface area contributed by atoms with Gasteiger partial charge >= 0.3 is 0 Å². The maximum absolute atomic E-state index is 13.5. The maximum atomic E-state index is 13.5. The summed E-state index contributed by atoms with van der Waals surface area (Å²) >= 11 is 0. The molecule has 2 rings (SSSR count). The van der Waals surface area contributed by atoms with E-state index in [0.717, 1.165) is 19.3 Å². The normalized spacial score (nSPS) is 10.9. The molecule has 0 atom stereocenters. The first-order valence-corrected chi connectivity index (χ1v) is 6.91. The fraction of sp³-hybridized carbons (Fsp3) is 0.375. The van der Waals surface area contributed by atoms with Crippen LogP contribution in [0.15, 0.2) is 24.4 Å². The zero-order valence-electron chi connectivity index (χ0n) is 12.5. The highest BCUT2D eigenvalue weighted by Crippen LogP contribution is 2.27. The van der Waals surface area contributed by atoms with Crippen molar-refractivity contribution in [3.8, 4) is 17.0 Å². The number of halogens is 1. The van der Waals surface area contributed by atoms with Crippen LogP contribution in [0.25, 0.3) is 11.3 Å². The summed E-state index contributed by atoms with van der Waals surface area (Å²) in [5.41, 5.74) is 1.71. The highest BCUT2D eigenvalue weighted by atomic mass is 19.1. The van der Waals surface area contributed by atoms with Crippen LogP contribution in [0.4, 0.5) is 4.39 Å². The summed E-state index contributed by atoms with van der Waals surface area (Å²) in [5.74, 6) is 0.262. The van der Waals surface area contributed by atoms with Crippen molar-refractivity contribution < 1.29 is 13.9 Å². The molecule has 21 heavy (non-hydrogen) atoms. The minimum absolute atomic E-state index is 0.140. The van der Waals surface area contributed by atoms with Crippen LogP contribution in [0.1, 0.15) is 30.6 Å². The molecule has 0 unspecified atom stereocenters. The molecule has 0 aliphatic heterocycles. The standard InChI is InChI=1S/C16H19FN2O2/c1-11(2)6-7-19-9-13(10-20)16(18-19)12-4-5-14(17)15(8-12)21-3/h4-5,8-11H,6-7H2,1-3H3. The fourth-order valence-corrected chi connectivity index (χ4v) is 2.06. The third-order valence-corrected chi connectivity index (χ3v) is 3.28. The zero-order chi connectivity index (χ0) is 15.4. The monoisotopic (exact) mass is 290 g/mol. The summed E-state index contributed by atoms with van der Waals surface area (Å²) in [6, 6.07) is 4.47. The molecular formula is C16H19FN2O2. The zero-order valence-corrected chi connectivity index (χ0v) is 12.5. The molecular weight excluding hydrogens is 271 g/mol. The Bertz CT molecular complexity index is 635. The number of benzene rings is 1. The van der Waals surface area contributed by atoms with Crippen LogP contribution in [-0.4, -0.2) is 23.2 Å². The Morgan fingerprint density at radius 3 is 2.81 bits per heavy atom. The van der Waals surface area contributed by atoms with Crippen molar-refractivity contribution in [2.45, 2.75) is 26.8 Å². The van der Waals surface area contributed by atoms with Gasteiger partial charge in [0.05, 0.1) is 12.7 Å². The van der Waals surface area contributed by atoms with Crippen LogP contribution < -0.4 is 4.74 Å². The van der Waals surface area contributed by atoms with E-state index in [-0.39, 0.29) is 5.75 Å². The SMILES string of the molecule is COc1cc(-c2nn(CCC(C)C)cc2C=O)ccc1F. The summed E-state index contributed by atoms with van der Waals surface area (Å²) in [4.78, 5) is 11.2. The molecule has 1 aromatic heterocycles. The van der Waals surface area contributed by atoms with Gasteiger partial charge in [-0.15, -0.1) is 0 Å². The lowest BCUT2D eigenvalue weighted by atomic mass is 10.1. The molecule has 0 saturated carbocycles. The van der Waals surface area contributed by atoms with E-state index in [0.29, 0.717) is 22.7 Å². The van der Waals surface area contributed by atoms with Gasteiger partial charge in [-0.05, 0) is 30.5 Å². The molecule has 5 heteroatoms. The van der Waals surface area contributed by atoms with Crippen LogP contribution in [0.5, 0.6) is 5.75 Å². The highest BCUT2D eigenvalue weighted by Gasteiger charge is 2.13. The summed E-state index contributed by atoms with van der Waals surface area (Å²) in [5, 5.41) is 4.44. The molecule has 112 valence electrons. The Kier molecular flexibility index (Phi) is 4.73. The van der Waals surface area contributed by atoms with Gasteiger partial charge < -0.3 is 4.74 Å². The molecule has 0 bridgehead atoms. The van der Waals surface area contributed by atoms with Crippen LogP contribution in [0, 0.1) is 11.7 Å². The van der Waals surface area contributed by atoms with Crippen LogP contribution in [0.2, 0.25) is 0 Å². The molecule has 4 nitrogen and oxygen atoms in total. The lowest BCUT2D eigenvalue weighted by molar-refractivity contribution is 0.112. The molecule has 0 radical (unpaired) electrons. The number of rotatable bonds is 6. The van der Waals surface area contributed by atoms with Crippen molar-refractivity contribution in [2.24, 2.45) is 5.92 Å². The lowest BCUT2D eigenvalue weighted by Gasteiger charge is -2.05. The Labute approximate surface area is 123 Å². The molecule has 0 amide bonds. The number of nitrogens with zero attached hydrogens (tertiary/aromatic N) is 2. The first kappa shape index (κ1) is 15.2. The second-order valence-electron chi connectivity index (χ2n) is 5.35.